The lowest BCUT2D eigenvalue weighted by molar-refractivity contribution is 0.201. The van der Waals surface area contributed by atoms with Gasteiger partial charge >= 0.3 is 6.03 Å². The number of nitrogens with one attached hydrogen (secondary N) is 2. The van der Waals surface area contributed by atoms with E-state index in [1.807, 2.05) is 13.8 Å². The molecule has 7 heteroatoms. The molecule has 2 amide bonds. The first-order valence-electron chi connectivity index (χ1n) is 7.80. The van der Waals surface area contributed by atoms with Crippen LogP contribution in [0.2, 0.25) is 5.02 Å². The van der Waals surface area contributed by atoms with Crippen molar-refractivity contribution in [1.29, 1.82) is 0 Å². The van der Waals surface area contributed by atoms with Crippen LogP contribution in [-0.4, -0.2) is 35.1 Å². The Morgan fingerprint density at radius 1 is 1.50 bits per heavy atom. The number of hydrogen-bond acceptors (Lipinski definition) is 3. The summed E-state index contributed by atoms with van der Waals surface area (Å²) in [5.74, 6) is 1.46. The number of aromatic nitrogens is 2. The van der Waals surface area contributed by atoms with Gasteiger partial charge in [0.25, 0.3) is 0 Å². The first kappa shape index (κ1) is 18.1. The zero-order chi connectivity index (χ0) is 17.7. The van der Waals surface area contributed by atoms with Crippen molar-refractivity contribution in [2.24, 2.45) is 0 Å². The fraction of sp³-hybridized carbons (Fsp3) is 0.412. The number of carbonyl (C=O) groups excluding carboxylic acids is 1. The van der Waals surface area contributed by atoms with E-state index < -0.39 is 0 Å². The summed E-state index contributed by atoms with van der Waals surface area (Å²) in [5, 5.41) is 3.60. The fourth-order valence-corrected chi connectivity index (χ4v) is 2.63. The number of methoxy groups -OCH3 is 1. The highest BCUT2D eigenvalue weighted by atomic mass is 35.5. The summed E-state index contributed by atoms with van der Waals surface area (Å²) in [5.41, 5.74) is 1.82. The molecule has 1 atom stereocenters. The molecule has 2 aromatic rings. The van der Waals surface area contributed by atoms with E-state index in [4.69, 9.17) is 16.3 Å². The number of imidazole rings is 1. The lowest BCUT2D eigenvalue weighted by Gasteiger charge is -2.23. The number of rotatable bonds is 6. The molecule has 0 unspecified atom stereocenters. The SMILES string of the molecule is CC[C@@H](NC(=O)N(C)Cc1cc(Cl)ccc1OC)c1ncc(C)[nH]1. The summed E-state index contributed by atoms with van der Waals surface area (Å²) in [4.78, 5) is 21.5. The molecule has 1 heterocycles. The van der Waals surface area contributed by atoms with Crippen LogP contribution in [0.1, 0.15) is 36.5 Å². The van der Waals surface area contributed by atoms with Crippen LogP contribution < -0.4 is 10.1 Å². The maximum absolute atomic E-state index is 12.5. The molecule has 0 saturated carbocycles. The number of benzene rings is 1. The second-order valence-corrected chi connectivity index (χ2v) is 6.11. The van der Waals surface area contributed by atoms with Crippen LogP contribution in [0.5, 0.6) is 5.75 Å². The highest BCUT2D eigenvalue weighted by Crippen LogP contribution is 2.24. The third-order valence-electron chi connectivity index (χ3n) is 3.76. The monoisotopic (exact) mass is 350 g/mol. The normalized spacial score (nSPS) is 11.9. The average molecular weight is 351 g/mol. The van der Waals surface area contributed by atoms with E-state index >= 15 is 0 Å². The summed E-state index contributed by atoms with van der Waals surface area (Å²) in [7, 11) is 3.33. The Morgan fingerprint density at radius 3 is 2.83 bits per heavy atom. The molecule has 0 aliphatic rings. The van der Waals surface area contributed by atoms with Crippen LogP contribution in [0, 0.1) is 6.92 Å². The molecule has 0 radical (unpaired) electrons. The predicted octanol–water partition coefficient (Wildman–Crippen LogP) is 3.67. The van der Waals surface area contributed by atoms with Crippen LogP contribution >= 0.6 is 11.6 Å². The van der Waals surface area contributed by atoms with E-state index in [0.717, 1.165) is 23.5 Å². The molecule has 0 aliphatic heterocycles. The zero-order valence-electron chi connectivity index (χ0n) is 14.4. The van der Waals surface area contributed by atoms with Gasteiger partial charge in [-0.15, -0.1) is 0 Å². The summed E-state index contributed by atoms with van der Waals surface area (Å²) in [6.07, 6.45) is 2.50. The number of amides is 2. The summed E-state index contributed by atoms with van der Waals surface area (Å²) in [6.45, 7) is 4.33. The maximum Gasteiger partial charge on any atom is 0.318 e. The molecule has 2 N–H and O–H groups in total. The van der Waals surface area contributed by atoms with Crippen molar-refractivity contribution in [2.45, 2.75) is 32.9 Å². The largest absolute Gasteiger partial charge is 0.496 e. The van der Waals surface area contributed by atoms with Crippen molar-refractivity contribution in [3.8, 4) is 5.75 Å². The topological polar surface area (TPSA) is 70.2 Å². The van der Waals surface area contributed by atoms with Crippen molar-refractivity contribution in [1.82, 2.24) is 20.2 Å². The Labute approximate surface area is 147 Å². The van der Waals surface area contributed by atoms with Crippen molar-refractivity contribution in [3.63, 3.8) is 0 Å². The highest BCUT2D eigenvalue weighted by molar-refractivity contribution is 6.30. The van der Waals surface area contributed by atoms with Gasteiger partial charge in [0.1, 0.15) is 11.6 Å². The number of hydrogen-bond donors (Lipinski definition) is 2. The van der Waals surface area contributed by atoms with Gasteiger partial charge in [-0.3, -0.25) is 0 Å². The summed E-state index contributed by atoms with van der Waals surface area (Å²) < 4.78 is 5.32. The number of ether oxygens (including phenoxy) is 1. The number of carbonyl (C=O) groups is 1. The number of halogens is 1. The van der Waals surface area contributed by atoms with Gasteiger partial charge in [0.2, 0.25) is 0 Å². The van der Waals surface area contributed by atoms with Gasteiger partial charge in [0, 0.05) is 29.5 Å². The standard InChI is InChI=1S/C17H23ClN4O2/c1-5-14(16-19-9-11(2)20-16)21-17(23)22(3)10-12-8-13(18)6-7-15(12)24-4/h6-9,14H,5,10H2,1-4H3,(H,19,20)(H,21,23)/t14-/m1/s1. The Kier molecular flexibility index (Phi) is 6.09. The fourth-order valence-electron chi connectivity index (χ4n) is 2.43. The second-order valence-electron chi connectivity index (χ2n) is 5.67. The molecule has 6 nitrogen and oxygen atoms in total. The zero-order valence-corrected chi connectivity index (χ0v) is 15.1. The van der Waals surface area contributed by atoms with E-state index in [-0.39, 0.29) is 12.1 Å². The lowest BCUT2D eigenvalue weighted by atomic mass is 10.2. The van der Waals surface area contributed by atoms with Crippen molar-refractivity contribution in [3.05, 3.63) is 46.5 Å². The van der Waals surface area contributed by atoms with Crippen LogP contribution in [0.25, 0.3) is 0 Å². The van der Waals surface area contributed by atoms with Crippen LogP contribution in [-0.2, 0) is 6.54 Å². The summed E-state index contributed by atoms with van der Waals surface area (Å²) in [6, 6.07) is 5.02. The molecule has 0 fully saturated rings. The Hall–Kier alpha value is -2.21. The minimum atomic E-state index is -0.182. The van der Waals surface area contributed by atoms with Crippen LogP contribution in [0.4, 0.5) is 4.79 Å². The quantitative estimate of drug-likeness (QED) is 0.835. The van der Waals surface area contributed by atoms with Gasteiger partial charge in [0.15, 0.2) is 0 Å². The second kappa shape index (κ2) is 8.06. The Morgan fingerprint density at radius 2 is 2.25 bits per heavy atom. The van der Waals surface area contributed by atoms with E-state index in [1.165, 1.54) is 0 Å². The van der Waals surface area contributed by atoms with Crippen LogP contribution in [0.3, 0.4) is 0 Å². The molecule has 2 rings (SSSR count). The molecule has 24 heavy (non-hydrogen) atoms. The maximum atomic E-state index is 12.5. The van der Waals surface area contributed by atoms with Gasteiger partial charge in [-0.2, -0.15) is 0 Å². The first-order valence-corrected chi connectivity index (χ1v) is 8.18. The third kappa shape index (κ3) is 4.41. The van der Waals surface area contributed by atoms with E-state index in [1.54, 1.807) is 43.5 Å². The van der Waals surface area contributed by atoms with Crippen molar-refractivity contribution in [2.75, 3.05) is 14.2 Å². The molecule has 130 valence electrons. The minimum absolute atomic E-state index is 0.157. The Bertz CT molecular complexity index is 702. The minimum Gasteiger partial charge on any atom is -0.496 e. The number of nitrogens with zero attached hydrogens (tertiary/aromatic N) is 2. The van der Waals surface area contributed by atoms with E-state index in [2.05, 4.69) is 15.3 Å². The molecule has 0 spiro atoms. The molecular weight excluding hydrogens is 328 g/mol. The molecule has 0 bridgehead atoms. The van der Waals surface area contributed by atoms with Crippen molar-refractivity contribution >= 4 is 17.6 Å². The van der Waals surface area contributed by atoms with Crippen LogP contribution in [0.15, 0.2) is 24.4 Å². The number of H-pyrrole nitrogens is 1. The van der Waals surface area contributed by atoms with Gasteiger partial charge in [-0.05, 0) is 31.5 Å². The molecule has 1 aromatic carbocycles. The van der Waals surface area contributed by atoms with Gasteiger partial charge < -0.3 is 19.9 Å². The third-order valence-corrected chi connectivity index (χ3v) is 3.99. The molecule has 0 saturated heterocycles. The Balaban J connectivity index is 2.05. The average Bonchev–Trinajstić information content (AvgIpc) is 2.98. The van der Waals surface area contributed by atoms with E-state index in [9.17, 15) is 4.79 Å². The van der Waals surface area contributed by atoms with E-state index in [0.29, 0.717) is 17.3 Å². The predicted molar refractivity (Wildman–Crippen MR) is 94.4 cm³/mol. The molecule has 0 aliphatic carbocycles. The summed E-state index contributed by atoms with van der Waals surface area (Å²) >= 11 is 6.04. The molecular formula is C17H23ClN4O2. The van der Waals surface area contributed by atoms with Gasteiger partial charge in [-0.1, -0.05) is 18.5 Å². The lowest BCUT2D eigenvalue weighted by Crippen LogP contribution is -2.39. The number of aryl methyl sites for hydroxylation is 1. The molecule has 1 aromatic heterocycles. The van der Waals surface area contributed by atoms with Gasteiger partial charge in [0.05, 0.1) is 19.7 Å². The van der Waals surface area contributed by atoms with Gasteiger partial charge in [-0.25, -0.2) is 9.78 Å². The van der Waals surface area contributed by atoms with Crippen molar-refractivity contribution < 1.29 is 9.53 Å². The highest BCUT2D eigenvalue weighted by Gasteiger charge is 2.19. The first-order chi connectivity index (χ1) is 11.4. The number of urea groups is 1. The number of aromatic amines is 1. The smallest absolute Gasteiger partial charge is 0.318 e.